The largest absolute Gasteiger partial charge is 0.344 e. The molecule has 130 valence electrons. The molecule has 10 heteroatoms. The van der Waals surface area contributed by atoms with Crippen molar-refractivity contribution in [2.24, 2.45) is 0 Å². The van der Waals surface area contributed by atoms with E-state index >= 15 is 0 Å². The third kappa shape index (κ3) is 3.34. The molecule has 0 spiro atoms. The van der Waals surface area contributed by atoms with Crippen molar-refractivity contribution in [2.45, 2.75) is 23.8 Å². The number of carbonyl (C=O) groups is 1. The van der Waals surface area contributed by atoms with E-state index in [1.165, 1.54) is 11.1 Å². The minimum absolute atomic E-state index is 0.00623. The molecule has 0 saturated carbocycles. The molecule has 0 fully saturated rings. The summed E-state index contributed by atoms with van der Waals surface area (Å²) >= 11 is 3.02. The van der Waals surface area contributed by atoms with E-state index in [2.05, 4.69) is 21.0 Å². The van der Waals surface area contributed by atoms with Gasteiger partial charge >= 0.3 is 6.03 Å². The lowest BCUT2D eigenvalue weighted by atomic mass is 10.3. The average Bonchev–Trinajstić information content (AvgIpc) is 2.90. The van der Waals surface area contributed by atoms with Gasteiger partial charge in [0.1, 0.15) is 16.5 Å². The van der Waals surface area contributed by atoms with Crippen LogP contribution in [-0.2, 0) is 9.84 Å². The summed E-state index contributed by atoms with van der Waals surface area (Å²) < 4.78 is 52.8. The normalized spacial score (nSPS) is 11.5. The molecule has 0 radical (unpaired) electrons. The highest BCUT2D eigenvalue weighted by molar-refractivity contribution is 9.10. The van der Waals surface area contributed by atoms with Crippen LogP contribution < -0.4 is 0 Å². The minimum atomic E-state index is -4.36. The van der Waals surface area contributed by atoms with Gasteiger partial charge in [-0.2, -0.15) is 9.78 Å². The second kappa shape index (κ2) is 6.98. The van der Waals surface area contributed by atoms with E-state index in [0.29, 0.717) is 19.2 Å². The lowest BCUT2D eigenvalue weighted by Crippen LogP contribution is -2.34. The molecular weight excluding hydrogens is 408 g/mol. The Morgan fingerprint density at radius 3 is 2.46 bits per heavy atom. The summed E-state index contributed by atoms with van der Waals surface area (Å²) in [7, 11) is -4.36. The highest BCUT2D eigenvalue weighted by atomic mass is 79.9. The topological polar surface area (TPSA) is 72.3 Å². The maximum Gasteiger partial charge on any atom is 0.344 e. The molecule has 0 atom stereocenters. The molecule has 0 saturated heterocycles. The predicted molar refractivity (Wildman–Crippen MR) is 85.5 cm³/mol. The Labute approximate surface area is 146 Å². The van der Waals surface area contributed by atoms with Crippen LogP contribution in [0.1, 0.15) is 13.8 Å². The van der Waals surface area contributed by atoms with Gasteiger partial charge < -0.3 is 4.90 Å². The first-order valence-corrected chi connectivity index (χ1v) is 9.24. The van der Waals surface area contributed by atoms with Crippen molar-refractivity contribution in [1.29, 1.82) is 0 Å². The molecule has 0 aliphatic heterocycles. The van der Waals surface area contributed by atoms with Crippen LogP contribution in [0, 0.1) is 11.6 Å². The van der Waals surface area contributed by atoms with Crippen molar-refractivity contribution in [3.8, 4) is 0 Å². The molecule has 0 bridgehead atoms. The standard InChI is InChI=1S/C14H14BrF2N3O3S/c1-3-19(4-2)14(21)20-8-10(15)13(18-20)24(22,23)12-6-5-9(16)7-11(12)17/h5-8H,3-4H2,1-2H3. The van der Waals surface area contributed by atoms with Gasteiger partial charge in [0.15, 0.2) is 5.03 Å². The van der Waals surface area contributed by atoms with Gasteiger partial charge in [-0.15, -0.1) is 0 Å². The molecule has 0 N–H and O–H groups in total. The summed E-state index contributed by atoms with van der Waals surface area (Å²) in [6, 6.07) is 1.61. The monoisotopic (exact) mass is 421 g/mol. The average molecular weight is 422 g/mol. The fourth-order valence-electron chi connectivity index (χ4n) is 2.05. The fraction of sp³-hybridized carbons (Fsp3) is 0.286. The highest BCUT2D eigenvalue weighted by Crippen LogP contribution is 2.28. The molecule has 0 aliphatic carbocycles. The van der Waals surface area contributed by atoms with Crippen molar-refractivity contribution >= 4 is 31.8 Å². The van der Waals surface area contributed by atoms with Crippen molar-refractivity contribution in [3.05, 3.63) is 40.5 Å². The first-order chi connectivity index (χ1) is 11.2. The van der Waals surface area contributed by atoms with Gasteiger partial charge in [0.25, 0.3) is 0 Å². The van der Waals surface area contributed by atoms with E-state index in [-0.39, 0.29) is 4.47 Å². The van der Waals surface area contributed by atoms with Gasteiger partial charge in [-0.3, -0.25) is 0 Å². The molecule has 1 heterocycles. The minimum Gasteiger partial charge on any atom is -0.323 e. The molecule has 24 heavy (non-hydrogen) atoms. The lowest BCUT2D eigenvalue weighted by molar-refractivity contribution is 0.201. The first-order valence-electron chi connectivity index (χ1n) is 6.97. The zero-order valence-corrected chi connectivity index (χ0v) is 15.2. The Morgan fingerprint density at radius 1 is 1.29 bits per heavy atom. The second-order valence-electron chi connectivity index (χ2n) is 4.76. The van der Waals surface area contributed by atoms with Crippen LogP contribution in [-0.4, -0.2) is 42.2 Å². The molecule has 2 aromatic rings. The Hall–Kier alpha value is -1.81. The summed E-state index contributed by atoms with van der Waals surface area (Å²) in [5.41, 5.74) is 0. The van der Waals surface area contributed by atoms with Gasteiger partial charge in [-0.25, -0.2) is 22.0 Å². The molecule has 1 aromatic heterocycles. The van der Waals surface area contributed by atoms with E-state index in [4.69, 9.17) is 0 Å². The zero-order valence-electron chi connectivity index (χ0n) is 12.8. The van der Waals surface area contributed by atoms with Crippen LogP contribution in [0.2, 0.25) is 0 Å². The number of sulfone groups is 1. The van der Waals surface area contributed by atoms with E-state index in [1.54, 1.807) is 13.8 Å². The van der Waals surface area contributed by atoms with Crippen LogP contribution in [0.25, 0.3) is 0 Å². The molecule has 2 rings (SSSR count). The number of amides is 1. The molecule has 6 nitrogen and oxygen atoms in total. The van der Waals surface area contributed by atoms with Crippen molar-refractivity contribution < 1.29 is 22.0 Å². The lowest BCUT2D eigenvalue weighted by Gasteiger charge is -2.17. The van der Waals surface area contributed by atoms with Crippen LogP contribution in [0.3, 0.4) is 0 Å². The predicted octanol–water partition coefficient (Wildman–Crippen LogP) is 3.07. The third-order valence-electron chi connectivity index (χ3n) is 3.31. The number of nitrogens with zero attached hydrogens (tertiary/aromatic N) is 3. The van der Waals surface area contributed by atoms with Crippen LogP contribution in [0.4, 0.5) is 13.6 Å². The van der Waals surface area contributed by atoms with Gasteiger partial charge in [0, 0.05) is 19.2 Å². The molecule has 0 unspecified atom stereocenters. The van der Waals surface area contributed by atoms with Gasteiger partial charge in [0.2, 0.25) is 9.84 Å². The summed E-state index contributed by atoms with van der Waals surface area (Å²) in [4.78, 5) is 13.0. The van der Waals surface area contributed by atoms with E-state index in [1.807, 2.05) is 0 Å². The number of rotatable bonds is 4. The molecule has 0 aliphatic rings. The second-order valence-corrected chi connectivity index (χ2v) is 7.45. The first kappa shape index (κ1) is 18.5. The maximum atomic E-state index is 13.8. The van der Waals surface area contributed by atoms with E-state index < -0.39 is 37.4 Å². The van der Waals surface area contributed by atoms with Crippen LogP contribution >= 0.6 is 15.9 Å². The molecular formula is C14H14BrF2N3O3S. The summed E-state index contributed by atoms with van der Waals surface area (Å²) in [6.45, 7) is 4.37. The SMILES string of the molecule is CCN(CC)C(=O)n1cc(Br)c(S(=O)(=O)c2ccc(F)cc2F)n1. The Kier molecular flexibility index (Phi) is 5.38. The number of benzene rings is 1. The number of hydrogen-bond acceptors (Lipinski definition) is 4. The molecule has 1 amide bonds. The Bertz CT molecular complexity index is 879. The van der Waals surface area contributed by atoms with Crippen LogP contribution in [0.15, 0.2) is 38.8 Å². The zero-order chi connectivity index (χ0) is 18.1. The number of carbonyl (C=O) groups excluding carboxylic acids is 1. The quantitative estimate of drug-likeness (QED) is 0.711. The van der Waals surface area contributed by atoms with Gasteiger partial charge in [-0.1, -0.05) is 0 Å². The van der Waals surface area contributed by atoms with E-state index in [9.17, 15) is 22.0 Å². The molecule has 1 aromatic carbocycles. The van der Waals surface area contributed by atoms with Gasteiger partial charge in [0.05, 0.1) is 10.7 Å². The summed E-state index contributed by atoms with van der Waals surface area (Å²) in [6.07, 6.45) is 1.19. The summed E-state index contributed by atoms with van der Waals surface area (Å²) in [5, 5.41) is 3.25. The van der Waals surface area contributed by atoms with Gasteiger partial charge in [-0.05, 0) is 41.9 Å². The Balaban J connectivity index is 2.51. The van der Waals surface area contributed by atoms with Crippen molar-refractivity contribution in [1.82, 2.24) is 14.7 Å². The van der Waals surface area contributed by atoms with Crippen molar-refractivity contribution in [3.63, 3.8) is 0 Å². The van der Waals surface area contributed by atoms with Crippen molar-refractivity contribution in [2.75, 3.05) is 13.1 Å². The number of hydrogen-bond donors (Lipinski definition) is 0. The number of halogens is 3. The smallest absolute Gasteiger partial charge is 0.323 e. The Morgan fingerprint density at radius 2 is 1.92 bits per heavy atom. The summed E-state index contributed by atoms with van der Waals surface area (Å²) in [5.74, 6) is -2.13. The maximum absolute atomic E-state index is 13.8. The van der Waals surface area contributed by atoms with E-state index in [0.717, 1.165) is 16.8 Å². The number of aromatic nitrogens is 2. The van der Waals surface area contributed by atoms with Crippen LogP contribution in [0.5, 0.6) is 0 Å². The highest BCUT2D eigenvalue weighted by Gasteiger charge is 2.29. The third-order valence-corrected chi connectivity index (χ3v) is 5.87. The fourth-order valence-corrected chi connectivity index (χ4v) is 4.24.